The van der Waals surface area contributed by atoms with E-state index in [1.165, 1.54) is 0 Å². The summed E-state index contributed by atoms with van der Waals surface area (Å²) in [6, 6.07) is 59.2. The molecule has 0 aliphatic heterocycles. The molecule has 0 unspecified atom stereocenters. The Morgan fingerprint density at radius 1 is 0.392 bits per heavy atom. The van der Waals surface area contributed by atoms with E-state index in [9.17, 15) is 5.26 Å². The zero-order valence-corrected chi connectivity index (χ0v) is 27.4. The highest BCUT2D eigenvalue weighted by Crippen LogP contribution is 2.46. The number of furan rings is 1. The maximum Gasteiger partial charge on any atom is 0.167 e. The molecule has 0 amide bonds. The van der Waals surface area contributed by atoms with E-state index < -0.39 is 0 Å². The average molecular weight is 653 g/mol. The maximum absolute atomic E-state index is 10.2. The van der Waals surface area contributed by atoms with Gasteiger partial charge in [0.1, 0.15) is 11.2 Å². The fourth-order valence-corrected chi connectivity index (χ4v) is 6.76. The van der Waals surface area contributed by atoms with Gasteiger partial charge in [0.05, 0.1) is 17.2 Å². The van der Waals surface area contributed by atoms with Crippen LogP contribution < -0.4 is 0 Å². The standard InChI is InChI=1S/C46H28N4O/c47-29-34-23-13-14-24-36(34)37-25-26-38(46-49-44(32-19-9-3-10-20-32)48-45(50-46)33-21-11-4-12-22-33)43-41(37)40-28-35(30-15-5-1-6-16-30)27-39(42(40)51-43)31-17-7-2-8-18-31/h1-28H. The van der Waals surface area contributed by atoms with Gasteiger partial charge in [-0.1, -0.05) is 146 Å². The van der Waals surface area contributed by atoms with Crippen molar-refractivity contribution in [1.29, 1.82) is 5.26 Å². The Kier molecular flexibility index (Phi) is 7.46. The lowest BCUT2D eigenvalue weighted by Crippen LogP contribution is -2.00. The molecule has 238 valence electrons. The van der Waals surface area contributed by atoms with Gasteiger partial charge in [0.2, 0.25) is 0 Å². The monoisotopic (exact) mass is 652 g/mol. The highest BCUT2D eigenvalue weighted by atomic mass is 16.3. The van der Waals surface area contributed by atoms with Crippen LogP contribution in [0.1, 0.15) is 5.56 Å². The Bertz CT molecular complexity index is 2680. The van der Waals surface area contributed by atoms with Crippen LogP contribution in [0.4, 0.5) is 0 Å². The lowest BCUT2D eigenvalue weighted by atomic mass is 9.91. The zero-order valence-electron chi connectivity index (χ0n) is 27.4. The van der Waals surface area contributed by atoms with Gasteiger partial charge in [-0.05, 0) is 46.5 Å². The Morgan fingerprint density at radius 2 is 0.902 bits per heavy atom. The van der Waals surface area contributed by atoms with Gasteiger partial charge in [-0.3, -0.25) is 0 Å². The molecule has 9 rings (SSSR count). The van der Waals surface area contributed by atoms with E-state index in [0.717, 1.165) is 66.4 Å². The molecule has 9 aromatic rings. The van der Waals surface area contributed by atoms with Crippen molar-refractivity contribution in [2.45, 2.75) is 0 Å². The lowest BCUT2D eigenvalue weighted by molar-refractivity contribution is 0.670. The Balaban J connectivity index is 1.41. The Labute approximate surface area is 294 Å². The lowest BCUT2D eigenvalue weighted by Gasteiger charge is -2.11. The third-order valence-electron chi connectivity index (χ3n) is 9.19. The molecular formula is C46H28N4O. The van der Waals surface area contributed by atoms with Crippen molar-refractivity contribution in [2.75, 3.05) is 0 Å². The molecule has 0 saturated carbocycles. The van der Waals surface area contributed by atoms with Gasteiger partial charge < -0.3 is 4.42 Å². The first-order chi connectivity index (χ1) is 25.2. The molecule has 0 bridgehead atoms. The van der Waals surface area contributed by atoms with Crippen LogP contribution in [0, 0.1) is 11.3 Å². The number of nitrogens with zero attached hydrogens (tertiary/aromatic N) is 4. The second-order valence-electron chi connectivity index (χ2n) is 12.3. The molecule has 0 spiro atoms. The summed E-state index contributed by atoms with van der Waals surface area (Å²) >= 11 is 0. The van der Waals surface area contributed by atoms with E-state index in [1.807, 2.05) is 115 Å². The normalized spacial score (nSPS) is 11.1. The zero-order chi connectivity index (χ0) is 34.1. The quantitative estimate of drug-likeness (QED) is 0.179. The number of hydrogen-bond donors (Lipinski definition) is 0. The maximum atomic E-state index is 10.2. The Hall–Kier alpha value is -7.16. The van der Waals surface area contributed by atoms with Gasteiger partial charge in [-0.15, -0.1) is 0 Å². The van der Waals surface area contributed by atoms with Crippen LogP contribution in [0.2, 0.25) is 0 Å². The molecule has 0 atom stereocenters. The number of benzene rings is 7. The van der Waals surface area contributed by atoms with Crippen molar-refractivity contribution in [3.63, 3.8) is 0 Å². The van der Waals surface area contributed by atoms with Gasteiger partial charge in [0.15, 0.2) is 17.5 Å². The van der Waals surface area contributed by atoms with Crippen LogP contribution in [0.15, 0.2) is 174 Å². The summed E-state index contributed by atoms with van der Waals surface area (Å²) in [7, 11) is 0. The first-order valence-electron chi connectivity index (χ1n) is 16.8. The molecular weight excluding hydrogens is 625 g/mol. The minimum atomic E-state index is 0.497. The van der Waals surface area contributed by atoms with Crippen molar-refractivity contribution >= 4 is 21.9 Å². The number of rotatable bonds is 6. The third kappa shape index (κ3) is 5.42. The molecule has 0 saturated heterocycles. The molecule has 2 heterocycles. The number of aromatic nitrogens is 3. The molecule has 51 heavy (non-hydrogen) atoms. The van der Waals surface area contributed by atoms with Crippen LogP contribution in [0.25, 0.3) is 89.5 Å². The third-order valence-corrected chi connectivity index (χ3v) is 9.19. The molecule has 0 fully saturated rings. The minimum absolute atomic E-state index is 0.497. The molecule has 2 aromatic heterocycles. The van der Waals surface area contributed by atoms with Crippen molar-refractivity contribution in [2.24, 2.45) is 0 Å². The van der Waals surface area contributed by atoms with Crippen LogP contribution in [-0.4, -0.2) is 15.0 Å². The fourth-order valence-electron chi connectivity index (χ4n) is 6.76. The highest BCUT2D eigenvalue weighted by molar-refractivity contribution is 6.19. The van der Waals surface area contributed by atoms with Crippen molar-refractivity contribution in [1.82, 2.24) is 15.0 Å². The largest absolute Gasteiger partial charge is 0.455 e. The second kappa shape index (κ2) is 12.7. The number of fused-ring (bicyclic) bond motifs is 3. The summed E-state index contributed by atoms with van der Waals surface area (Å²) in [6.07, 6.45) is 0. The number of hydrogen-bond acceptors (Lipinski definition) is 5. The first-order valence-corrected chi connectivity index (χ1v) is 16.8. The van der Waals surface area contributed by atoms with E-state index in [-0.39, 0.29) is 0 Å². The topological polar surface area (TPSA) is 75.6 Å². The summed E-state index contributed by atoms with van der Waals surface area (Å²) in [6.45, 7) is 0. The fraction of sp³-hybridized carbons (Fsp3) is 0. The highest BCUT2D eigenvalue weighted by Gasteiger charge is 2.24. The molecule has 0 radical (unpaired) electrons. The SMILES string of the molecule is N#Cc1ccccc1-c1ccc(-c2nc(-c3ccccc3)nc(-c3ccccc3)n2)c2oc3c(-c4ccccc4)cc(-c4ccccc4)cc3c12. The van der Waals surface area contributed by atoms with Crippen LogP contribution >= 0.6 is 0 Å². The van der Waals surface area contributed by atoms with E-state index in [2.05, 4.69) is 60.7 Å². The predicted octanol–water partition coefficient (Wildman–Crippen LogP) is 11.6. The summed E-state index contributed by atoms with van der Waals surface area (Å²) in [5.74, 6) is 1.63. The predicted molar refractivity (Wildman–Crippen MR) is 204 cm³/mol. The summed E-state index contributed by atoms with van der Waals surface area (Å²) in [5.41, 5.74) is 10.4. The second-order valence-corrected chi connectivity index (χ2v) is 12.3. The van der Waals surface area contributed by atoms with Gasteiger partial charge >= 0.3 is 0 Å². The molecule has 7 aromatic carbocycles. The minimum Gasteiger partial charge on any atom is -0.455 e. The van der Waals surface area contributed by atoms with E-state index in [0.29, 0.717) is 28.6 Å². The van der Waals surface area contributed by atoms with Crippen LogP contribution in [0.5, 0.6) is 0 Å². The first kappa shape index (κ1) is 29.9. The van der Waals surface area contributed by atoms with E-state index >= 15 is 0 Å². The van der Waals surface area contributed by atoms with Gasteiger partial charge in [-0.2, -0.15) is 5.26 Å². The molecule has 5 nitrogen and oxygen atoms in total. The van der Waals surface area contributed by atoms with Gasteiger partial charge in [-0.25, -0.2) is 15.0 Å². The van der Waals surface area contributed by atoms with E-state index in [1.54, 1.807) is 0 Å². The average Bonchev–Trinajstić information content (AvgIpc) is 3.61. The van der Waals surface area contributed by atoms with Crippen LogP contribution in [-0.2, 0) is 0 Å². The Morgan fingerprint density at radius 3 is 1.51 bits per heavy atom. The van der Waals surface area contributed by atoms with E-state index in [4.69, 9.17) is 19.4 Å². The number of nitriles is 1. The smallest absolute Gasteiger partial charge is 0.167 e. The summed E-state index contributed by atoms with van der Waals surface area (Å²) < 4.78 is 7.06. The van der Waals surface area contributed by atoms with Crippen LogP contribution in [0.3, 0.4) is 0 Å². The van der Waals surface area contributed by atoms with Crippen molar-refractivity contribution < 1.29 is 4.42 Å². The van der Waals surface area contributed by atoms with Crippen molar-refractivity contribution in [3.8, 4) is 73.6 Å². The molecule has 5 heteroatoms. The summed E-state index contributed by atoms with van der Waals surface area (Å²) in [5, 5.41) is 12.0. The summed E-state index contributed by atoms with van der Waals surface area (Å²) in [4.78, 5) is 15.1. The molecule has 0 aliphatic rings. The molecule has 0 N–H and O–H groups in total. The molecule has 0 aliphatic carbocycles. The van der Waals surface area contributed by atoms with Gasteiger partial charge in [0.25, 0.3) is 0 Å². The van der Waals surface area contributed by atoms with Crippen molar-refractivity contribution in [3.05, 3.63) is 175 Å². The van der Waals surface area contributed by atoms with Gasteiger partial charge in [0, 0.05) is 33.0 Å².